The van der Waals surface area contributed by atoms with Gasteiger partial charge >= 0.3 is 5.97 Å². The van der Waals surface area contributed by atoms with E-state index in [0.29, 0.717) is 0 Å². The molecule has 174 valence electrons. The quantitative estimate of drug-likeness (QED) is 0.243. The molecular weight excluding hydrogens is 418 g/mol. The minimum absolute atomic E-state index is 0.0433. The standard InChI is InChI=1S/C21H29N5O6/c1-10(22)18(28)26-17(12(3)27)20(30)25-16(19(29)24-11(2)21(31)32)8-13-9-23-15-7-5-4-6-14(13)15/h4-7,9-12,16-17,23,27H,8,22H2,1-3H3,(H,24,29)(H,25,30)(H,26,28)(H,31,32). The lowest BCUT2D eigenvalue weighted by Crippen LogP contribution is -2.59. The van der Waals surface area contributed by atoms with Crippen molar-refractivity contribution in [2.24, 2.45) is 5.73 Å². The highest BCUT2D eigenvalue weighted by molar-refractivity contribution is 5.95. The third-order valence-electron chi connectivity index (χ3n) is 4.94. The topological polar surface area (TPSA) is 187 Å². The zero-order valence-corrected chi connectivity index (χ0v) is 18.1. The van der Waals surface area contributed by atoms with Gasteiger partial charge in [-0.05, 0) is 32.4 Å². The van der Waals surface area contributed by atoms with E-state index >= 15 is 0 Å². The number of para-hydroxylation sites is 1. The number of nitrogens with two attached hydrogens (primary N) is 1. The lowest BCUT2D eigenvalue weighted by Gasteiger charge is -2.25. The van der Waals surface area contributed by atoms with E-state index in [-0.39, 0.29) is 6.42 Å². The maximum absolute atomic E-state index is 12.8. The average Bonchev–Trinajstić information content (AvgIpc) is 3.13. The first-order chi connectivity index (χ1) is 15.0. The number of aliphatic hydroxyl groups is 1. The van der Waals surface area contributed by atoms with E-state index in [9.17, 15) is 24.3 Å². The van der Waals surface area contributed by atoms with Gasteiger partial charge in [0.25, 0.3) is 0 Å². The molecule has 0 saturated carbocycles. The molecule has 0 aliphatic rings. The number of aliphatic carboxylic acids is 1. The van der Waals surface area contributed by atoms with Gasteiger partial charge in [-0.25, -0.2) is 0 Å². The number of amides is 3. The molecule has 0 spiro atoms. The fourth-order valence-corrected chi connectivity index (χ4v) is 3.06. The Kier molecular flexibility index (Phi) is 8.33. The highest BCUT2D eigenvalue weighted by Crippen LogP contribution is 2.19. The second-order valence-electron chi connectivity index (χ2n) is 7.71. The predicted octanol–water partition coefficient (Wildman–Crippen LogP) is -1.00. The van der Waals surface area contributed by atoms with Crippen LogP contribution in [-0.2, 0) is 25.6 Å². The summed E-state index contributed by atoms with van der Waals surface area (Å²) in [7, 11) is 0. The van der Waals surface area contributed by atoms with Gasteiger partial charge in [-0.2, -0.15) is 0 Å². The molecule has 1 heterocycles. The van der Waals surface area contributed by atoms with Gasteiger partial charge in [-0.3, -0.25) is 19.2 Å². The van der Waals surface area contributed by atoms with Crippen LogP contribution in [0.1, 0.15) is 26.3 Å². The van der Waals surface area contributed by atoms with Crippen LogP contribution in [0.3, 0.4) is 0 Å². The number of H-pyrrole nitrogens is 1. The van der Waals surface area contributed by atoms with Gasteiger partial charge in [0.2, 0.25) is 17.7 Å². The zero-order chi connectivity index (χ0) is 24.0. The van der Waals surface area contributed by atoms with Crippen molar-refractivity contribution in [3.8, 4) is 0 Å². The van der Waals surface area contributed by atoms with Crippen LogP contribution in [-0.4, -0.2) is 69.2 Å². The SMILES string of the molecule is CC(N)C(=O)NC(C(=O)NC(Cc1c[nH]c2ccccc12)C(=O)NC(C)C(=O)O)C(C)O. The van der Waals surface area contributed by atoms with Crippen molar-refractivity contribution >= 4 is 34.6 Å². The second kappa shape index (κ2) is 10.7. The number of rotatable bonds is 10. The van der Waals surface area contributed by atoms with Crippen molar-refractivity contribution in [3.05, 3.63) is 36.0 Å². The summed E-state index contributed by atoms with van der Waals surface area (Å²) in [6.07, 6.45) is 0.469. The maximum Gasteiger partial charge on any atom is 0.325 e. The van der Waals surface area contributed by atoms with Crippen molar-refractivity contribution in [3.63, 3.8) is 0 Å². The minimum Gasteiger partial charge on any atom is -0.480 e. The monoisotopic (exact) mass is 447 g/mol. The summed E-state index contributed by atoms with van der Waals surface area (Å²) >= 11 is 0. The molecule has 2 rings (SSSR count). The lowest BCUT2D eigenvalue weighted by molar-refractivity contribution is -0.142. The highest BCUT2D eigenvalue weighted by Gasteiger charge is 2.31. The number of carboxylic acids is 1. The Morgan fingerprint density at radius 1 is 1.00 bits per heavy atom. The summed E-state index contributed by atoms with van der Waals surface area (Å²) in [6, 6.07) is 2.75. The Morgan fingerprint density at radius 3 is 2.25 bits per heavy atom. The molecule has 11 heteroatoms. The Hall–Kier alpha value is -3.44. The maximum atomic E-state index is 12.8. The first-order valence-electron chi connectivity index (χ1n) is 10.1. The van der Waals surface area contributed by atoms with E-state index in [4.69, 9.17) is 10.8 Å². The number of benzene rings is 1. The Bertz CT molecular complexity index is 986. The summed E-state index contributed by atoms with van der Waals surface area (Å²) in [5.41, 5.74) is 7.06. The van der Waals surface area contributed by atoms with Crippen molar-refractivity contribution in [1.29, 1.82) is 0 Å². The van der Waals surface area contributed by atoms with Gasteiger partial charge < -0.3 is 36.9 Å². The van der Waals surface area contributed by atoms with Crippen LogP contribution in [0, 0.1) is 0 Å². The third-order valence-corrected chi connectivity index (χ3v) is 4.94. The molecular formula is C21H29N5O6. The van der Waals surface area contributed by atoms with Gasteiger partial charge in [0, 0.05) is 23.5 Å². The van der Waals surface area contributed by atoms with Crippen molar-refractivity contribution in [2.75, 3.05) is 0 Å². The van der Waals surface area contributed by atoms with E-state index in [0.717, 1.165) is 16.5 Å². The zero-order valence-electron chi connectivity index (χ0n) is 18.1. The van der Waals surface area contributed by atoms with Gasteiger partial charge in [0.15, 0.2) is 0 Å². The number of fused-ring (bicyclic) bond motifs is 1. The normalized spacial score (nSPS) is 15.8. The van der Waals surface area contributed by atoms with Crippen LogP contribution in [0.5, 0.6) is 0 Å². The molecule has 1 aromatic carbocycles. The molecule has 5 atom stereocenters. The molecule has 0 bridgehead atoms. The Balaban J connectivity index is 2.28. The molecule has 32 heavy (non-hydrogen) atoms. The van der Waals surface area contributed by atoms with Gasteiger partial charge in [0.1, 0.15) is 18.1 Å². The summed E-state index contributed by atoms with van der Waals surface area (Å²) in [4.78, 5) is 51.8. The number of carbonyl (C=O) groups excluding carboxylic acids is 3. The molecule has 0 radical (unpaired) electrons. The van der Waals surface area contributed by atoms with E-state index in [1.165, 1.54) is 20.8 Å². The number of aromatic nitrogens is 1. The molecule has 1 aromatic heterocycles. The molecule has 2 aromatic rings. The number of carbonyl (C=O) groups is 4. The van der Waals surface area contributed by atoms with Crippen LogP contribution in [0.15, 0.2) is 30.5 Å². The van der Waals surface area contributed by atoms with E-state index in [1.54, 1.807) is 6.20 Å². The molecule has 8 N–H and O–H groups in total. The number of carboxylic acid groups (broad SMARTS) is 1. The molecule has 0 aliphatic carbocycles. The van der Waals surface area contributed by atoms with Crippen LogP contribution in [0.2, 0.25) is 0 Å². The van der Waals surface area contributed by atoms with E-state index in [2.05, 4.69) is 20.9 Å². The average molecular weight is 447 g/mol. The molecule has 0 saturated heterocycles. The summed E-state index contributed by atoms with van der Waals surface area (Å²) < 4.78 is 0. The number of aliphatic hydroxyl groups excluding tert-OH is 1. The second-order valence-corrected chi connectivity index (χ2v) is 7.71. The largest absolute Gasteiger partial charge is 0.480 e. The van der Waals surface area contributed by atoms with Gasteiger partial charge in [-0.1, -0.05) is 18.2 Å². The van der Waals surface area contributed by atoms with Crippen molar-refractivity contribution in [2.45, 2.75) is 57.5 Å². The Morgan fingerprint density at radius 2 is 1.66 bits per heavy atom. The van der Waals surface area contributed by atoms with E-state index < -0.39 is 54.0 Å². The van der Waals surface area contributed by atoms with Gasteiger partial charge in [0.05, 0.1) is 12.1 Å². The van der Waals surface area contributed by atoms with Crippen LogP contribution in [0.4, 0.5) is 0 Å². The fraction of sp³-hybridized carbons (Fsp3) is 0.429. The van der Waals surface area contributed by atoms with Crippen LogP contribution >= 0.6 is 0 Å². The molecule has 3 amide bonds. The van der Waals surface area contributed by atoms with Crippen molar-refractivity contribution < 1.29 is 29.4 Å². The smallest absolute Gasteiger partial charge is 0.325 e. The molecule has 11 nitrogen and oxygen atoms in total. The van der Waals surface area contributed by atoms with Crippen LogP contribution < -0.4 is 21.7 Å². The number of hydrogen-bond acceptors (Lipinski definition) is 6. The first kappa shape index (κ1) is 24.8. The molecule has 5 unspecified atom stereocenters. The number of aromatic amines is 1. The fourth-order valence-electron chi connectivity index (χ4n) is 3.06. The molecule has 0 fully saturated rings. The number of nitrogens with one attached hydrogen (secondary N) is 4. The minimum atomic E-state index is -1.36. The lowest BCUT2D eigenvalue weighted by atomic mass is 10.0. The summed E-state index contributed by atoms with van der Waals surface area (Å²) in [5.74, 6) is -3.41. The van der Waals surface area contributed by atoms with Gasteiger partial charge in [-0.15, -0.1) is 0 Å². The van der Waals surface area contributed by atoms with Crippen LogP contribution in [0.25, 0.3) is 10.9 Å². The summed E-state index contributed by atoms with van der Waals surface area (Å²) in [5, 5.41) is 27.1. The van der Waals surface area contributed by atoms with Crippen molar-refractivity contribution in [1.82, 2.24) is 20.9 Å². The Labute approximate surface area is 184 Å². The highest BCUT2D eigenvalue weighted by atomic mass is 16.4. The predicted molar refractivity (Wildman–Crippen MR) is 116 cm³/mol. The number of hydrogen-bond donors (Lipinski definition) is 7. The third kappa shape index (κ3) is 6.28. The molecule has 0 aliphatic heterocycles. The summed E-state index contributed by atoms with van der Waals surface area (Å²) in [6.45, 7) is 4.03. The first-order valence-corrected chi connectivity index (χ1v) is 10.1. The van der Waals surface area contributed by atoms with E-state index in [1.807, 2.05) is 24.3 Å².